The van der Waals surface area contributed by atoms with E-state index in [2.05, 4.69) is 5.32 Å². The van der Waals surface area contributed by atoms with E-state index in [4.69, 9.17) is 10.2 Å². The molecule has 48 valence electrons. The minimum Gasteiger partial charge on any atom is -0.378 e. The van der Waals surface area contributed by atoms with E-state index in [0.717, 1.165) is 0 Å². The SMILES string of the molecule is OC1CSCC(O)N1. The molecule has 8 heavy (non-hydrogen) atoms. The van der Waals surface area contributed by atoms with Gasteiger partial charge in [0.15, 0.2) is 0 Å². The summed E-state index contributed by atoms with van der Waals surface area (Å²) in [6, 6.07) is 0. The number of nitrogens with one attached hydrogen (secondary N) is 1. The molecular weight excluding hydrogens is 126 g/mol. The Kier molecular flexibility index (Phi) is 2.13. The zero-order valence-corrected chi connectivity index (χ0v) is 5.19. The van der Waals surface area contributed by atoms with Crippen LogP contribution in [0.2, 0.25) is 0 Å². The topological polar surface area (TPSA) is 52.5 Å². The predicted octanol–water partition coefficient (Wildman–Crippen LogP) is -1.04. The van der Waals surface area contributed by atoms with Gasteiger partial charge in [-0.3, -0.25) is 5.32 Å². The molecule has 0 aliphatic carbocycles. The van der Waals surface area contributed by atoms with Crippen LogP contribution in [0.5, 0.6) is 0 Å². The van der Waals surface area contributed by atoms with Crippen LogP contribution >= 0.6 is 11.8 Å². The molecule has 4 heteroatoms. The van der Waals surface area contributed by atoms with Gasteiger partial charge >= 0.3 is 0 Å². The summed E-state index contributed by atoms with van der Waals surface area (Å²) < 4.78 is 0. The minimum atomic E-state index is -0.524. The first-order valence-corrected chi connectivity index (χ1v) is 3.64. The molecule has 3 nitrogen and oxygen atoms in total. The lowest BCUT2D eigenvalue weighted by molar-refractivity contribution is 0.0624. The zero-order valence-electron chi connectivity index (χ0n) is 4.37. The van der Waals surface area contributed by atoms with E-state index in [0.29, 0.717) is 11.5 Å². The Morgan fingerprint density at radius 2 is 1.75 bits per heavy atom. The third-order valence-corrected chi connectivity index (χ3v) is 2.04. The fourth-order valence-corrected chi connectivity index (χ4v) is 1.38. The van der Waals surface area contributed by atoms with Gasteiger partial charge in [-0.25, -0.2) is 0 Å². The van der Waals surface area contributed by atoms with E-state index in [9.17, 15) is 0 Å². The largest absolute Gasteiger partial charge is 0.378 e. The zero-order chi connectivity index (χ0) is 5.98. The third-order valence-electron chi connectivity index (χ3n) is 0.936. The number of hydrogen-bond donors (Lipinski definition) is 3. The molecule has 1 aliphatic heterocycles. The van der Waals surface area contributed by atoms with Gasteiger partial charge in [0.05, 0.1) is 0 Å². The van der Waals surface area contributed by atoms with Crippen LogP contribution < -0.4 is 5.32 Å². The van der Waals surface area contributed by atoms with Crippen LogP contribution in [0.15, 0.2) is 0 Å². The standard InChI is InChI=1S/C4H9NO2S/c6-3-1-8-2-4(7)5-3/h3-7H,1-2H2. The number of thioether (sulfide) groups is 1. The Balaban J connectivity index is 2.23. The van der Waals surface area contributed by atoms with Crippen molar-refractivity contribution in [3.63, 3.8) is 0 Å². The van der Waals surface area contributed by atoms with E-state index in [1.807, 2.05) is 0 Å². The highest BCUT2D eigenvalue weighted by Crippen LogP contribution is 2.08. The second-order valence-corrected chi connectivity index (χ2v) is 2.81. The Morgan fingerprint density at radius 3 is 2.00 bits per heavy atom. The lowest BCUT2D eigenvalue weighted by atomic mass is 10.5. The average Bonchev–Trinajstić information content (AvgIpc) is 1.64. The van der Waals surface area contributed by atoms with Crippen LogP contribution in [0.4, 0.5) is 0 Å². The molecule has 0 aromatic rings. The highest BCUT2D eigenvalue weighted by molar-refractivity contribution is 7.99. The molecule has 1 saturated heterocycles. The average molecular weight is 135 g/mol. The quantitative estimate of drug-likeness (QED) is 0.397. The normalized spacial score (nSPS) is 39.8. The van der Waals surface area contributed by atoms with Crippen molar-refractivity contribution in [1.82, 2.24) is 5.32 Å². The number of aliphatic hydroxyl groups excluding tert-OH is 2. The fourth-order valence-electron chi connectivity index (χ4n) is 0.610. The van der Waals surface area contributed by atoms with E-state index >= 15 is 0 Å². The Labute approximate surface area is 52.1 Å². The van der Waals surface area contributed by atoms with Crippen LogP contribution in [0, 0.1) is 0 Å². The second-order valence-electron chi connectivity index (χ2n) is 1.74. The molecule has 0 aromatic heterocycles. The molecule has 0 spiro atoms. The van der Waals surface area contributed by atoms with Gasteiger partial charge < -0.3 is 10.2 Å². The van der Waals surface area contributed by atoms with Gasteiger partial charge in [0.1, 0.15) is 12.5 Å². The Morgan fingerprint density at radius 1 is 1.25 bits per heavy atom. The summed E-state index contributed by atoms with van der Waals surface area (Å²) in [7, 11) is 0. The van der Waals surface area contributed by atoms with Crippen LogP contribution in [0.1, 0.15) is 0 Å². The first kappa shape index (κ1) is 6.35. The van der Waals surface area contributed by atoms with Crippen LogP contribution in [0.3, 0.4) is 0 Å². The molecule has 2 atom stereocenters. The summed E-state index contributed by atoms with van der Waals surface area (Å²) >= 11 is 1.55. The van der Waals surface area contributed by atoms with E-state index in [-0.39, 0.29) is 0 Å². The summed E-state index contributed by atoms with van der Waals surface area (Å²) in [6.45, 7) is 0. The highest BCUT2D eigenvalue weighted by atomic mass is 32.2. The van der Waals surface area contributed by atoms with Gasteiger partial charge in [0.25, 0.3) is 0 Å². The van der Waals surface area contributed by atoms with Crippen LogP contribution in [-0.4, -0.2) is 34.2 Å². The molecule has 3 N–H and O–H groups in total. The van der Waals surface area contributed by atoms with Crippen LogP contribution in [-0.2, 0) is 0 Å². The van der Waals surface area contributed by atoms with Crippen molar-refractivity contribution in [1.29, 1.82) is 0 Å². The fraction of sp³-hybridized carbons (Fsp3) is 1.00. The molecule has 1 aliphatic rings. The van der Waals surface area contributed by atoms with Crippen molar-refractivity contribution in [2.45, 2.75) is 12.5 Å². The predicted molar refractivity (Wildman–Crippen MR) is 32.5 cm³/mol. The molecule has 0 saturated carbocycles. The van der Waals surface area contributed by atoms with E-state index in [1.165, 1.54) is 0 Å². The monoisotopic (exact) mass is 135 g/mol. The minimum absolute atomic E-state index is 0.524. The van der Waals surface area contributed by atoms with Gasteiger partial charge in [-0.05, 0) is 0 Å². The summed E-state index contributed by atoms with van der Waals surface area (Å²) in [4.78, 5) is 0. The molecular formula is C4H9NO2S. The maximum Gasteiger partial charge on any atom is 0.116 e. The van der Waals surface area contributed by atoms with E-state index in [1.54, 1.807) is 11.8 Å². The number of hydrogen-bond acceptors (Lipinski definition) is 4. The summed E-state index contributed by atoms with van der Waals surface area (Å²) in [6.07, 6.45) is -1.05. The Bertz CT molecular complexity index is 72.4. The molecule has 1 fully saturated rings. The molecule has 0 radical (unpaired) electrons. The highest BCUT2D eigenvalue weighted by Gasteiger charge is 2.15. The molecule has 0 bridgehead atoms. The van der Waals surface area contributed by atoms with Crippen molar-refractivity contribution in [3.05, 3.63) is 0 Å². The van der Waals surface area contributed by atoms with Gasteiger partial charge in [0.2, 0.25) is 0 Å². The molecule has 1 rings (SSSR count). The Hall–Kier alpha value is 0.230. The van der Waals surface area contributed by atoms with Gasteiger partial charge in [-0.1, -0.05) is 0 Å². The van der Waals surface area contributed by atoms with Crippen molar-refractivity contribution < 1.29 is 10.2 Å². The van der Waals surface area contributed by atoms with Gasteiger partial charge in [0, 0.05) is 11.5 Å². The van der Waals surface area contributed by atoms with Crippen molar-refractivity contribution in [3.8, 4) is 0 Å². The lowest BCUT2D eigenvalue weighted by Crippen LogP contribution is -2.45. The second kappa shape index (κ2) is 2.68. The molecule has 0 aromatic carbocycles. The smallest absolute Gasteiger partial charge is 0.116 e. The summed E-state index contributed by atoms with van der Waals surface area (Å²) in [5.74, 6) is 1.36. The molecule has 2 unspecified atom stereocenters. The van der Waals surface area contributed by atoms with E-state index < -0.39 is 12.5 Å². The van der Waals surface area contributed by atoms with Crippen molar-refractivity contribution in [2.75, 3.05) is 11.5 Å². The van der Waals surface area contributed by atoms with Crippen LogP contribution in [0.25, 0.3) is 0 Å². The summed E-state index contributed by atoms with van der Waals surface area (Å²) in [5, 5.41) is 20.1. The lowest BCUT2D eigenvalue weighted by Gasteiger charge is -2.22. The first-order valence-electron chi connectivity index (χ1n) is 2.49. The number of aliphatic hydroxyl groups is 2. The first-order chi connectivity index (χ1) is 3.79. The number of rotatable bonds is 0. The van der Waals surface area contributed by atoms with Crippen molar-refractivity contribution >= 4 is 11.8 Å². The maximum absolute atomic E-state index is 8.79. The summed E-state index contributed by atoms with van der Waals surface area (Å²) in [5.41, 5.74) is 0. The molecule has 1 heterocycles. The van der Waals surface area contributed by atoms with Crippen molar-refractivity contribution in [2.24, 2.45) is 0 Å². The molecule has 0 amide bonds. The van der Waals surface area contributed by atoms with Gasteiger partial charge in [-0.2, -0.15) is 11.8 Å². The maximum atomic E-state index is 8.79. The van der Waals surface area contributed by atoms with Gasteiger partial charge in [-0.15, -0.1) is 0 Å². The third kappa shape index (κ3) is 1.63.